The van der Waals surface area contributed by atoms with E-state index in [9.17, 15) is 14.7 Å². The van der Waals surface area contributed by atoms with Crippen molar-refractivity contribution in [1.82, 2.24) is 0 Å². The Bertz CT molecular complexity index is 887. The summed E-state index contributed by atoms with van der Waals surface area (Å²) in [5.74, 6) is -0.429. The molecule has 0 unspecified atom stereocenters. The third-order valence-corrected chi connectivity index (χ3v) is 3.57. The molecule has 112 valence electrons. The number of furan rings is 1. The third-order valence-electron chi connectivity index (χ3n) is 3.57. The minimum Gasteiger partial charge on any atom is -0.506 e. The van der Waals surface area contributed by atoms with Crippen LogP contribution in [0.25, 0.3) is 11.0 Å². The highest BCUT2D eigenvalue weighted by Crippen LogP contribution is 2.30. The van der Waals surface area contributed by atoms with Crippen molar-refractivity contribution in [2.75, 3.05) is 0 Å². The molecule has 0 aliphatic carbocycles. The van der Waals surface area contributed by atoms with Gasteiger partial charge in [0, 0.05) is 0 Å². The van der Waals surface area contributed by atoms with Gasteiger partial charge in [-0.05, 0) is 30.2 Å². The Morgan fingerprint density at radius 3 is 2.73 bits per heavy atom. The fourth-order valence-electron chi connectivity index (χ4n) is 2.50. The van der Waals surface area contributed by atoms with Crippen molar-refractivity contribution in [3.8, 4) is 5.75 Å². The Balaban J connectivity index is 2.17. The topological polar surface area (TPSA) is 80.7 Å². The number of aryl methyl sites for hydroxylation is 1. The first-order chi connectivity index (χ1) is 10.6. The second kappa shape index (κ2) is 5.52. The van der Waals surface area contributed by atoms with Crippen LogP contribution in [0.1, 0.15) is 28.6 Å². The second-order valence-corrected chi connectivity index (χ2v) is 4.94. The number of Topliss-reactive ketones (excluding diaryl/α,β-unsaturated/α-hetero) is 1. The van der Waals surface area contributed by atoms with Gasteiger partial charge in [0.1, 0.15) is 22.7 Å². The van der Waals surface area contributed by atoms with E-state index in [-0.39, 0.29) is 23.3 Å². The average Bonchev–Trinajstić information content (AvgIpc) is 2.99. The molecule has 0 aliphatic heterocycles. The predicted molar refractivity (Wildman–Crippen MR) is 80.3 cm³/mol. The van der Waals surface area contributed by atoms with Crippen molar-refractivity contribution in [2.24, 2.45) is 0 Å². The normalized spacial score (nSPS) is 11.0. The van der Waals surface area contributed by atoms with Crippen LogP contribution in [0, 0.1) is 0 Å². The van der Waals surface area contributed by atoms with E-state index in [0.717, 1.165) is 5.56 Å². The van der Waals surface area contributed by atoms with Crippen LogP contribution < -0.4 is 5.63 Å². The highest BCUT2D eigenvalue weighted by atomic mass is 16.4. The molecular weight excluding hydrogens is 284 g/mol. The SMILES string of the molecule is CCc1cccc2oc(=O)c(C(=O)Cc3ccco3)c(O)c12. The average molecular weight is 298 g/mol. The molecular formula is C17H14O5. The molecule has 0 bridgehead atoms. The third kappa shape index (κ3) is 2.30. The zero-order valence-corrected chi connectivity index (χ0v) is 12.0. The van der Waals surface area contributed by atoms with Crippen LogP contribution in [0.5, 0.6) is 5.75 Å². The zero-order chi connectivity index (χ0) is 15.7. The first kappa shape index (κ1) is 14.1. The van der Waals surface area contributed by atoms with E-state index in [1.165, 1.54) is 6.26 Å². The highest BCUT2D eigenvalue weighted by molar-refractivity contribution is 6.04. The van der Waals surface area contributed by atoms with Gasteiger partial charge in [-0.2, -0.15) is 0 Å². The van der Waals surface area contributed by atoms with E-state index in [1.54, 1.807) is 24.3 Å². The molecule has 0 saturated carbocycles. The van der Waals surface area contributed by atoms with Gasteiger partial charge in [0.15, 0.2) is 5.78 Å². The number of ketones is 1. The maximum Gasteiger partial charge on any atom is 0.351 e. The predicted octanol–water partition coefficient (Wildman–Crippen LogP) is 3.08. The Morgan fingerprint density at radius 1 is 1.23 bits per heavy atom. The molecule has 2 aromatic heterocycles. The van der Waals surface area contributed by atoms with Crippen LogP contribution in [-0.2, 0) is 12.8 Å². The minimum atomic E-state index is -0.838. The van der Waals surface area contributed by atoms with E-state index < -0.39 is 11.4 Å². The van der Waals surface area contributed by atoms with Gasteiger partial charge >= 0.3 is 5.63 Å². The van der Waals surface area contributed by atoms with E-state index in [2.05, 4.69) is 0 Å². The first-order valence-electron chi connectivity index (χ1n) is 6.95. The maximum absolute atomic E-state index is 12.3. The van der Waals surface area contributed by atoms with E-state index in [1.807, 2.05) is 13.0 Å². The molecule has 0 fully saturated rings. The van der Waals surface area contributed by atoms with Crippen molar-refractivity contribution >= 4 is 16.8 Å². The molecule has 0 radical (unpaired) electrons. The lowest BCUT2D eigenvalue weighted by Gasteiger charge is -2.08. The van der Waals surface area contributed by atoms with Crippen molar-refractivity contribution in [3.05, 3.63) is 63.9 Å². The van der Waals surface area contributed by atoms with Gasteiger partial charge in [-0.25, -0.2) is 4.79 Å². The lowest BCUT2D eigenvalue weighted by atomic mass is 10.0. The zero-order valence-electron chi connectivity index (χ0n) is 12.0. The molecule has 3 aromatic rings. The Kier molecular flexibility index (Phi) is 3.55. The molecule has 22 heavy (non-hydrogen) atoms. The summed E-state index contributed by atoms with van der Waals surface area (Å²) in [5, 5.41) is 10.8. The molecule has 0 saturated heterocycles. The molecule has 0 atom stereocenters. The number of fused-ring (bicyclic) bond motifs is 1. The molecule has 5 heteroatoms. The second-order valence-electron chi connectivity index (χ2n) is 4.94. The van der Waals surface area contributed by atoms with Crippen LogP contribution in [0.2, 0.25) is 0 Å². The standard InChI is InChI=1S/C17H14O5/c1-2-10-5-3-7-13-14(10)16(19)15(17(20)22-13)12(18)9-11-6-4-8-21-11/h3-8,19H,2,9H2,1H3. The fraction of sp³-hybridized carbons (Fsp3) is 0.176. The van der Waals surface area contributed by atoms with E-state index >= 15 is 0 Å². The Morgan fingerprint density at radius 2 is 2.05 bits per heavy atom. The number of carbonyl (C=O) groups is 1. The molecule has 1 N–H and O–H groups in total. The van der Waals surface area contributed by atoms with E-state index in [0.29, 0.717) is 17.6 Å². The molecule has 0 spiro atoms. The number of rotatable bonds is 4. The lowest BCUT2D eigenvalue weighted by Crippen LogP contribution is -2.16. The summed E-state index contributed by atoms with van der Waals surface area (Å²) >= 11 is 0. The van der Waals surface area contributed by atoms with Gasteiger partial charge in [0.25, 0.3) is 0 Å². The van der Waals surface area contributed by atoms with Crippen LogP contribution in [0.4, 0.5) is 0 Å². The van der Waals surface area contributed by atoms with Crippen LogP contribution in [0.15, 0.2) is 50.2 Å². The number of benzene rings is 1. The summed E-state index contributed by atoms with van der Waals surface area (Å²) in [6, 6.07) is 8.45. The Labute approximate surface area is 125 Å². The summed E-state index contributed by atoms with van der Waals surface area (Å²) < 4.78 is 10.3. The summed E-state index contributed by atoms with van der Waals surface area (Å²) in [6.45, 7) is 1.92. The monoisotopic (exact) mass is 298 g/mol. The van der Waals surface area contributed by atoms with Crippen molar-refractivity contribution in [2.45, 2.75) is 19.8 Å². The van der Waals surface area contributed by atoms with Crippen LogP contribution in [-0.4, -0.2) is 10.9 Å². The first-order valence-corrected chi connectivity index (χ1v) is 6.95. The number of carbonyl (C=O) groups excluding carboxylic acids is 1. The highest BCUT2D eigenvalue weighted by Gasteiger charge is 2.22. The van der Waals surface area contributed by atoms with Gasteiger partial charge < -0.3 is 13.9 Å². The Hall–Kier alpha value is -2.82. The van der Waals surface area contributed by atoms with Crippen molar-refractivity contribution < 1.29 is 18.7 Å². The van der Waals surface area contributed by atoms with Gasteiger partial charge in [-0.3, -0.25) is 4.79 Å². The number of hydrogen-bond donors (Lipinski definition) is 1. The van der Waals surface area contributed by atoms with Crippen LogP contribution in [0.3, 0.4) is 0 Å². The van der Waals surface area contributed by atoms with E-state index in [4.69, 9.17) is 8.83 Å². The molecule has 1 aromatic carbocycles. The fourth-order valence-corrected chi connectivity index (χ4v) is 2.50. The summed E-state index contributed by atoms with van der Waals surface area (Å²) in [5.41, 5.74) is -0.0817. The largest absolute Gasteiger partial charge is 0.506 e. The summed E-state index contributed by atoms with van der Waals surface area (Å²) in [7, 11) is 0. The van der Waals surface area contributed by atoms with Gasteiger partial charge in [0.05, 0.1) is 18.1 Å². The van der Waals surface area contributed by atoms with Crippen molar-refractivity contribution in [3.63, 3.8) is 0 Å². The molecule has 0 aliphatic rings. The van der Waals surface area contributed by atoms with Crippen LogP contribution >= 0.6 is 0 Å². The number of hydrogen-bond acceptors (Lipinski definition) is 5. The molecule has 5 nitrogen and oxygen atoms in total. The van der Waals surface area contributed by atoms with Gasteiger partial charge in [-0.1, -0.05) is 19.1 Å². The lowest BCUT2D eigenvalue weighted by molar-refractivity contribution is 0.0981. The molecule has 0 amide bonds. The smallest absolute Gasteiger partial charge is 0.351 e. The number of aromatic hydroxyl groups is 1. The van der Waals surface area contributed by atoms with Crippen molar-refractivity contribution in [1.29, 1.82) is 0 Å². The summed E-state index contributed by atoms with van der Waals surface area (Å²) in [6.07, 6.45) is 1.98. The quantitative estimate of drug-likeness (QED) is 0.591. The molecule has 2 heterocycles. The summed E-state index contributed by atoms with van der Waals surface area (Å²) in [4.78, 5) is 24.4. The minimum absolute atomic E-state index is 0.106. The maximum atomic E-state index is 12.3. The van der Waals surface area contributed by atoms with Gasteiger partial charge in [0.2, 0.25) is 0 Å². The molecule has 3 rings (SSSR count). The van der Waals surface area contributed by atoms with Gasteiger partial charge in [-0.15, -0.1) is 0 Å².